The number of carbonyl (C=O) groups excluding carboxylic acids is 1. The molecule has 5 heteroatoms. The van der Waals surface area contributed by atoms with E-state index >= 15 is 0 Å². The van der Waals surface area contributed by atoms with Crippen molar-refractivity contribution in [2.75, 3.05) is 0 Å². The van der Waals surface area contributed by atoms with Crippen LogP contribution in [0.4, 0.5) is 0 Å². The summed E-state index contributed by atoms with van der Waals surface area (Å²) in [5.41, 5.74) is 1.63. The second-order valence-electron chi connectivity index (χ2n) is 4.10. The Hall–Kier alpha value is -1.14. The molecule has 1 atom stereocenters. The molecule has 1 amide bonds. The van der Waals surface area contributed by atoms with Gasteiger partial charge in [0.05, 0.1) is 11.1 Å². The third-order valence-electron chi connectivity index (χ3n) is 2.74. The van der Waals surface area contributed by atoms with Crippen molar-refractivity contribution >= 4 is 40.1 Å². The summed E-state index contributed by atoms with van der Waals surface area (Å²) in [4.78, 5) is 16.1. The second kappa shape index (κ2) is 6.34. The molecule has 1 N–H and O–H groups in total. The van der Waals surface area contributed by atoms with Crippen LogP contribution < -0.4 is 5.32 Å². The second-order valence-corrected chi connectivity index (χ2v) is 5.67. The van der Waals surface area contributed by atoms with Gasteiger partial charge in [-0.05, 0) is 65.4 Å². The van der Waals surface area contributed by atoms with E-state index in [2.05, 4.69) is 32.9 Å². The maximum atomic E-state index is 12.1. The van der Waals surface area contributed by atoms with Gasteiger partial charge in [-0.15, -0.1) is 0 Å². The molecule has 1 unspecified atom stereocenters. The summed E-state index contributed by atoms with van der Waals surface area (Å²) in [5.74, 6) is -0.112. The molecule has 19 heavy (non-hydrogen) atoms. The van der Waals surface area contributed by atoms with Crippen molar-refractivity contribution in [2.24, 2.45) is 0 Å². The quantitative estimate of drug-likeness (QED) is 0.815. The minimum absolute atomic E-state index is 0.0659. The van der Waals surface area contributed by atoms with Crippen LogP contribution in [-0.4, -0.2) is 10.9 Å². The van der Waals surface area contributed by atoms with E-state index in [9.17, 15) is 4.79 Å². The Balaban J connectivity index is 2.11. The molecule has 0 saturated heterocycles. The van der Waals surface area contributed by atoms with Gasteiger partial charge in [-0.3, -0.25) is 9.78 Å². The average Bonchev–Trinajstić information content (AvgIpc) is 2.42. The monoisotopic (exact) mass is 386 g/mol. The summed E-state index contributed by atoms with van der Waals surface area (Å²) in [7, 11) is 0. The number of pyridine rings is 1. The summed E-state index contributed by atoms with van der Waals surface area (Å²) in [6, 6.07) is 8.93. The molecule has 0 bridgehead atoms. The molecule has 1 aromatic heterocycles. The van der Waals surface area contributed by atoms with E-state index in [4.69, 9.17) is 11.6 Å². The van der Waals surface area contributed by atoms with Crippen molar-refractivity contribution in [2.45, 2.75) is 13.0 Å². The zero-order valence-corrected chi connectivity index (χ0v) is 13.1. The fraction of sp³-hybridized carbons (Fsp3) is 0.143. The van der Waals surface area contributed by atoms with E-state index in [-0.39, 0.29) is 11.9 Å². The molecule has 1 aromatic carbocycles. The molecule has 0 aliphatic rings. The van der Waals surface area contributed by atoms with E-state index in [0.29, 0.717) is 10.6 Å². The third-order valence-corrected chi connectivity index (χ3v) is 4.28. The highest BCUT2D eigenvalue weighted by molar-refractivity contribution is 14.1. The first-order valence-corrected chi connectivity index (χ1v) is 7.19. The summed E-state index contributed by atoms with van der Waals surface area (Å²) in [5, 5.41) is 3.60. The van der Waals surface area contributed by atoms with Gasteiger partial charge in [-0.25, -0.2) is 0 Å². The van der Waals surface area contributed by atoms with Crippen LogP contribution in [0.25, 0.3) is 0 Å². The van der Waals surface area contributed by atoms with Crippen molar-refractivity contribution in [1.82, 2.24) is 10.3 Å². The Bertz CT molecular complexity index is 589. The zero-order valence-electron chi connectivity index (χ0n) is 10.2. The van der Waals surface area contributed by atoms with E-state index in [1.165, 1.54) is 0 Å². The molecule has 0 radical (unpaired) electrons. The maximum absolute atomic E-state index is 12.1. The molecule has 2 rings (SSSR count). The van der Waals surface area contributed by atoms with Crippen LogP contribution in [0.3, 0.4) is 0 Å². The predicted molar refractivity (Wildman–Crippen MR) is 84.3 cm³/mol. The van der Waals surface area contributed by atoms with E-state index in [1.807, 2.05) is 19.1 Å². The highest BCUT2D eigenvalue weighted by Crippen LogP contribution is 2.20. The Morgan fingerprint density at radius 2 is 2.00 bits per heavy atom. The number of aromatic nitrogens is 1. The predicted octanol–water partition coefficient (Wildman–Crippen LogP) is 3.83. The first-order valence-electron chi connectivity index (χ1n) is 5.74. The third kappa shape index (κ3) is 3.67. The molecule has 0 saturated carbocycles. The standard InChI is InChI=1S/C14H12ClIN2O/c1-9(10-4-6-17-7-5-10)18-14(19)11-2-3-12(15)13(16)8-11/h2-9H,1H3,(H,18,19). The van der Waals surface area contributed by atoms with E-state index in [0.717, 1.165) is 9.13 Å². The van der Waals surface area contributed by atoms with Gasteiger partial charge in [0.15, 0.2) is 0 Å². The highest BCUT2D eigenvalue weighted by atomic mass is 127. The molecular weight excluding hydrogens is 375 g/mol. The number of amides is 1. The van der Waals surface area contributed by atoms with Gasteiger partial charge < -0.3 is 5.32 Å². The van der Waals surface area contributed by atoms with E-state index in [1.54, 1.807) is 30.6 Å². The van der Waals surface area contributed by atoms with Crippen LogP contribution in [0.15, 0.2) is 42.7 Å². The normalized spacial score (nSPS) is 11.9. The Kier molecular flexibility index (Phi) is 4.76. The molecule has 0 aliphatic carbocycles. The van der Waals surface area contributed by atoms with Gasteiger partial charge >= 0.3 is 0 Å². The van der Waals surface area contributed by atoms with E-state index < -0.39 is 0 Å². The minimum Gasteiger partial charge on any atom is -0.346 e. The van der Waals surface area contributed by atoms with Gasteiger partial charge in [0.25, 0.3) is 5.91 Å². The maximum Gasteiger partial charge on any atom is 0.251 e. The lowest BCUT2D eigenvalue weighted by atomic mass is 10.1. The summed E-state index contributed by atoms with van der Waals surface area (Å²) in [6.07, 6.45) is 3.42. The highest BCUT2D eigenvalue weighted by Gasteiger charge is 2.12. The van der Waals surface area contributed by atoms with Crippen molar-refractivity contribution in [3.05, 3.63) is 62.4 Å². The first kappa shape index (κ1) is 14.3. The first-order chi connectivity index (χ1) is 9.08. The topological polar surface area (TPSA) is 42.0 Å². The largest absolute Gasteiger partial charge is 0.346 e. The van der Waals surface area contributed by atoms with Crippen LogP contribution in [0, 0.1) is 3.57 Å². The molecule has 1 heterocycles. The number of halogens is 2. The number of rotatable bonds is 3. The molecule has 0 aliphatic heterocycles. The van der Waals surface area contributed by atoms with Crippen LogP contribution >= 0.6 is 34.2 Å². The number of hydrogen-bond acceptors (Lipinski definition) is 2. The summed E-state index contributed by atoms with van der Waals surface area (Å²) >= 11 is 8.05. The molecule has 2 aromatic rings. The SMILES string of the molecule is CC(NC(=O)c1ccc(Cl)c(I)c1)c1ccncc1. The van der Waals surface area contributed by atoms with Crippen molar-refractivity contribution in [3.63, 3.8) is 0 Å². The lowest BCUT2D eigenvalue weighted by Crippen LogP contribution is -2.26. The summed E-state index contributed by atoms with van der Waals surface area (Å²) in [6.45, 7) is 1.94. The van der Waals surface area contributed by atoms with Gasteiger partial charge in [0, 0.05) is 21.5 Å². The molecular formula is C14H12ClIN2O. The fourth-order valence-electron chi connectivity index (χ4n) is 1.65. The smallest absolute Gasteiger partial charge is 0.251 e. The van der Waals surface area contributed by atoms with Crippen molar-refractivity contribution < 1.29 is 4.79 Å². The van der Waals surface area contributed by atoms with Crippen LogP contribution in [0.5, 0.6) is 0 Å². The number of nitrogens with zero attached hydrogens (tertiary/aromatic N) is 1. The lowest BCUT2D eigenvalue weighted by Gasteiger charge is -2.14. The van der Waals surface area contributed by atoms with Crippen molar-refractivity contribution in [1.29, 1.82) is 0 Å². The van der Waals surface area contributed by atoms with Crippen LogP contribution in [0.2, 0.25) is 5.02 Å². The zero-order chi connectivity index (χ0) is 13.8. The van der Waals surface area contributed by atoms with Crippen molar-refractivity contribution in [3.8, 4) is 0 Å². The number of nitrogens with one attached hydrogen (secondary N) is 1. The number of carbonyl (C=O) groups is 1. The molecule has 98 valence electrons. The molecule has 0 spiro atoms. The Labute approximate surface area is 130 Å². The minimum atomic E-state index is -0.112. The number of benzene rings is 1. The lowest BCUT2D eigenvalue weighted by molar-refractivity contribution is 0.0940. The van der Waals surface area contributed by atoms with Gasteiger partial charge in [0.2, 0.25) is 0 Å². The molecule has 0 fully saturated rings. The van der Waals surface area contributed by atoms with Gasteiger partial charge in [0.1, 0.15) is 0 Å². The van der Waals surface area contributed by atoms with Crippen LogP contribution in [0.1, 0.15) is 28.9 Å². The summed E-state index contributed by atoms with van der Waals surface area (Å²) < 4.78 is 0.864. The number of hydrogen-bond donors (Lipinski definition) is 1. The van der Waals surface area contributed by atoms with Crippen LogP contribution in [-0.2, 0) is 0 Å². The Morgan fingerprint density at radius 1 is 1.32 bits per heavy atom. The Morgan fingerprint density at radius 3 is 2.63 bits per heavy atom. The average molecular weight is 387 g/mol. The van der Waals surface area contributed by atoms with Gasteiger partial charge in [-0.2, -0.15) is 0 Å². The van der Waals surface area contributed by atoms with Gasteiger partial charge in [-0.1, -0.05) is 11.6 Å². The fourth-order valence-corrected chi connectivity index (χ4v) is 2.29. The molecule has 3 nitrogen and oxygen atoms in total.